The molecule has 0 saturated heterocycles. The van der Waals surface area contributed by atoms with E-state index < -0.39 is 9.84 Å². The summed E-state index contributed by atoms with van der Waals surface area (Å²) in [5, 5.41) is 2.77. The molecule has 1 aromatic rings. The van der Waals surface area contributed by atoms with Crippen molar-refractivity contribution in [3.63, 3.8) is 0 Å². The minimum atomic E-state index is -3.37. The Kier molecular flexibility index (Phi) is 6.01. The van der Waals surface area contributed by atoms with Gasteiger partial charge in [-0.2, -0.15) is 0 Å². The van der Waals surface area contributed by atoms with Gasteiger partial charge < -0.3 is 11.1 Å². The van der Waals surface area contributed by atoms with Crippen LogP contribution in [0.5, 0.6) is 0 Å². The molecule has 0 heterocycles. The van der Waals surface area contributed by atoms with Gasteiger partial charge in [-0.3, -0.25) is 4.79 Å². The van der Waals surface area contributed by atoms with Crippen LogP contribution in [0.1, 0.15) is 43.0 Å². The fourth-order valence-corrected chi connectivity index (χ4v) is 2.51. The van der Waals surface area contributed by atoms with Crippen molar-refractivity contribution in [3.8, 4) is 0 Å². The zero-order valence-electron chi connectivity index (χ0n) is 12.0. The van der Waals surface area contributed by atoms with E-state index in [1.807, 2.05) is 0 Å². The lowest BCUT2D eigenvalue weighted by molar-refractivity contribution is 0.0953. The molecule has 1 aromatic carbocycles. The van der Waals surface area contributed by atoms with Gasteiger partial charge in [-0.25, -0.2) is 8.42 Å². The average molecular weight is 298 g/mol. The zero-order valence-corrected chi connectivity index (χ0v) is 12.8. The Morgan fingerprint density at radius 1 is 1.20 bits per heavy atom. The number of nitrogens with two attached hydrogens (primary N) is 1. The highest BCUT2D eigenvalue weighted by Crippen LogP contribution is 2.16. The van der Waals surface area contributed by atoms with Crippen molar-refractivity contribution < 1.29 is 13.2 Å². The van der Waals surface area contributed by atoms with E-state index in [2.05, 4.69) is 12.2 Å². The Hall–Kier alpha value is -1.56. The molecule has 0 radical (unpaired) electrons. The molecule has 0 bridgehead atoms. The molecule has 1 rings (SSSR count). The molecule has 112 valence electrons. The Morgan fingerprint density at radius 3 is 2.50 bits per heavy atom. The molecule has 1 amide bonds. The van der Waals surface area contributed by atoms with Crippen LogP contribution in [0.3, 0.4) is 0 Å². The third-order valence-corrected chi connectivity index (χ3v) is 4.03. The first-order valence-electron chi connectivity index (χ1n) is 6.73. The van der Waals surface area contributed by atoms with Crippen molar-refractivity contribution in [1.29, 1.82) is 0 Å². The van der Waals surface area contributed by atoms with Crippen molar-refractivity contribution in [2.24, 2.45) is 0 Å². The smallest absolute Gasteiger partial charge is 0.251 e. The molecule has 20 heavy (non-hydrogen) atoms. The van der Waals surface area contributed by atoms with E-state index in [1.165, 1.54) is 18.2 Å². The van der Waals surface area contributed by atoms with Crippen LogP contribution in [0.2, 0.25) is 0 Å². The van der Waals surface area contributed by atoms with Gasteiger partial charge in [0.05, 0.1) is 4.90 Å². The summed E-state index contributed by atoms with van der Waals surface area (Å²) in [6.45, 7) is 2.71. The van der Waals surface area contributed by atoms with Crippen molar-refractivity contribution >= 4 is 21.4 Å². The largest absolute Gasteiger partial charge is 0.399 e. The number of nitrogens with one attached hydrogen (secondary N) is 1. The van der Waals surface area contributed by atoms with Gasteiger partial charge in [-0.15, -0.1) is 0 Å². The molecule has 0 spiro atoms. The Morgan fingerprint density at radius 2 is 1.90 bits per heavy atom. The molecular formula is C14H22N2O3S. The fraction of sp³-hybridized carbons (Fsp3) is 0.500. The van der Waals surface area contributed by atoms with Gasteiger partial charge in [0.1, 0.15) is 0 Å². The van der Waals surface area contributed by atoms with E-state index >= 15 is 0 Å². The molecule has 5 nitrogen and oxygen atoms in total. The SMILES string of the molecule is CCCCCCNC(=O)c1cc(N)cc(S(C)(=O)=O)c1. The van der Waals surface area contributed by atoms with Crippen LogP contribution in [0.4, 0.5) is 5.69 Å². The lowest BCUT2D eigenvalue weighted by Gasteiger charge is -2.08. The minimum absolute atomic E-state index is 0.0635. The van der Waals surface area contributed by atoms with Crippen molar-refractivity contribution in [2.75, 3.05) is 18.5 Å². The number of hydrogen-bond donors (Lipinski definition) is 2. The van der Waals surface area contributed by atoms with Gasteiger partial charge in [0.2, 0.25) is 0 Å². The van der Waals surface area contributed by atoms with Crippen molar-refractivity contribution in [2.45, 2.75) is 37.5 Å². The summed E-state index contributed by atoms with van der Waals surface area (Å²) >= 11 is 0. The lowest BCUT2D eigenvalue weighted by Crippen LogP contribution is -2.24. The molecule has 0 atom stereocenters. The highest BCUT2D eigenvalue weighted by atomic mass is 32.2. The predicted molar refractivity (Wildman–Crippen MR) is 80.4 cm³/mol. The number of carbonyl (C=O) groups excluding carboxylic acids is 1. The zero-order chi connectivity index (χ0) is 15.2. The van der Waals surface area contributed by atoms with Crippen LogP contribution < -0.4 is 11.1 Å². The van der Waals surface area contributed by atoms with Crippen LogP contribution in [-0.4, -0.2) is 27.1 Å². The molecule has 0 saturated carbocycles. The number of hydrogen-bond acceptors (Lipinski definition) is 4. The fourth-order valence-electron chi connectivity index (χ4n) is 1.82. The van der Waals surface area contributed by atoms with Gasteiger partial charge in [-0.05, 0) is 24.6 Å². The molecule has 0 aliphatic rings. The standard InChI is InChI=1S/C14H22N2O3S/c1-3-4-5-6-7-16-14(17)11-8-12(15)10-13(9-11)20(2,18)19/h8-10H,3-7,15H2,1-2H3,(H,16,17). The maximum Gasteiger partial charge on any atom is 0.251 e. The van der Waals surface area contributed by atoms with Crippen LogP contribution in [0.25, 0.3) is 0 Å². The summed E-state index contributed by atoms with van der Waals surface area (Å²) in [7, 11) is -3.37. The van der Waals surface area contributed by atoms with E-state index in [4.69, 9.17) is 5.73 Å². The first kappa shape index (κ1) is 16.5. The monoisotopic (exact) mass is 298 g/mol. The number of sulfone groups is 1. The van der Waals surface area contributed by atoms with Gasteiger partial charge >= 0.3 is 0 Å². The number of amides is 1. The second-order valence-corrected chi connectivity index (χ2v) is 6.90. The van der Waals surface area contributed by atoms with Gasteiger partial charge in [0, 0.05) is 24.1 Å². The maximum atomic E-state index is 11.9. The van der Waals surface area contributed by atoms with Crippen LogP contribution in [0.15, 0.2) is 23.1 Å². The van der Waals surface area contributed by atoms with Gasteiger partial charge in [0.25, 0.3) is 5.91 Å². The molecule has 0 aliphatic heterocycles. The predicted octanol–water partition coefficient (Wildman–Crippen LogP) is 1.98. The average Bonchev–Trinajstić information content (AvgIpc) is 2.36. The van der Waals surface area contributed by atoms with Gasteiger partial charge in [-0.1, -0.05) is 26.2 Å². The first-order chi connectivity index (χ1) is 9.34. The third kappa shape index (κ3) is 5.21. The normalized spacial score (nSPS) is 11.3. The second-order valence-electron chi connectivity index (χ2n) is 4.88. The number of benzene rings is 1. The molecular weight excluding hydrogens is 276 g/mol. The second kappa shape index (κ2) is 7.28. The van der Waals surface area contributed by atoms with Crippen LogP contribution in [-0.2, 0) is 9.84 Å². The Balaban J connectivity index is 2.71. The Bertz CT molecular complexity index is 568. The van der Waals surface area contributed by atoms with Gasteiger partial charge in [0.15, 0.2) is 9.84 Å². The molecule has 0 aliphatic carbocycles. The van der Waals surface area contributed by atoms with E-state index in [9.17, 15) is 13.2 Å². The molecule has 0 aromatic heterocycles. The van der Waals surface area contributed by atoms with Crippen LogP contribution in [0, 0.1) is 0 Å². The number of nitrogen functional groups attached to an aromatic ring is 1. The van der Waals surface area contributed by atoms with Crippen LogP contribution >= 0.6 is 0 Å². The topological polar surface area (TPSA) is 89.3 Å². The molecule has 0 fully saturated rings. The highest BCUT2D eigenvalue weighted by Gasteiger charge is 2.13. The number of anilines is 1. The Labute approximate surface area is 120 Å². The van der Waals surface area contributed by atoms with E-state index in [0.29, 0.717) is 6.54 Å². The quantitative estimate of drug-likeness (QED) is 0.595. The first-order valence-corrected chi connectivity index (χ1v) is 8.62. The summed E-state index contributed by atoms with van der Waals surface area (Å²) in [5.41, 5.74) is 6.19. The number of unbranched alkanes of at least 4 members (excludes halogenated alkanes) is 3. The minimum Gasteiger partial charge on any atom is -0.399 e. The summed E-state index contributed by atoms with van der Waals surface area (Å²) in [6, 6.07) is 4.19. The highest BCUT2D eigenvalue weighted by molar-refractivity contribution is 7.90. The summed E-state index contributed by atoms with van der Waals surface area (Å²) in [6.07, 6.45) is 5.37. The summed E-state index contributed by atoms with van der Waals surface area (Å²) in [4.78, 5) is 12.0. The molecule has 3 N–H and O–H groups in total. The third-order valence-electron chi connectivity index (χ3n) is 2.94. The summed E-state index contributed by atoms with van der Waals surface area (Å²) < 4.78 is 23.0. The lowest BCUT2D eigenvalue weighted by atomic mass is 10.1. The number of rotatable bonds is 7. The summed E-state index contributed by atoms with van der Waals surface area (Å²) in [5.74, 6) is -0.293. The van der Waals surface area contributed by atoms with E-state index in [0.717, 1.165) is 31.9 Å². The maximum absolute atomic E-state index is 11.9. The molecule has 6 heteroatoms. The van der Waals surface area contributed by atoms with E-state index in [1.54, 1.807) is 0 Å². The van der Waals surface area contributed by atoms with E-state index in [-0.39, 0.29) is 22.1 Å². The molecule has 0 unspecified atom stereocenters. The van der Waals surface area contributed by atoms with Crippen molar-refractivity contribution in [3.05, 3.63) is 23.8 Å². The van der Waals surface area contributed by atoms with Crippen molar-refractivity contribution in [1.82, 2.24) is 5.32 Å². The number of carbonyl (C=O) groups is 1.